The van der Waals surface area contributed by atoms with Crippen LogP contribution in [0.15, 0.2) is 12.4 Å². The molecule has 0 fully saturated rings. The Labute approximate surface area is 84.1 Å². The van der Waals surface area contributed by atoms with Crippen LogP contribution in [0.3, 0.4) is 0 Å². The molecule has 0 saturated carbocycles. The number of ketones is 1. The molecule has 0 aromatic carbocycles. The molecule has 0 aliphatic rings. The molecule has 0 saturated heterocycles. The van der Waals surface area contributed by atoms with Gasteiger partial charge in [-0.25, -0.2) is 4.98 Å². The van der Waals surface area contributed by atoms with Gasteiger partial charge in [0.1, 0.15) is 11.6 Å². The van der Waals surface area contributed by atoms with Gasteiger partial charge < -0.3 is 10.3 Å². The summed E-state index contributed by atoms with van der Waals surface area (Å²) in [5.41, 5.74) is 5.57. The summed E-state index contributed by atoms with van der Waals surface area (Å²) in [6.45, 7) is 1.91. The summed E-state index contributed by atoms with van der Waals surface area (Å²) in [4.78, 5) is 15.6. The third-order valence-corrected chi connectivity index (χ3v) is 2.15. The van der Waals surface area contributed by atoms with Crippen LogP contribution in [0.25, 0.3) is 0 Å². The van der Waals surface area contributed by atoms with Gasteiger partial charge in [-0.1, -0.05) is 0 Å². The molecule has 4 heteroatoms. The average Bonchev–Trinajstić information content (AvgIpc) is 2.49. The zero-order chi connectivity index (χ0) is 10.6. The first-order chi connectivity index (χ1) is 6.59. The number of hydrogen-bond acceptors (Lipinski definition) is 3. The summed E-state index contributed by atoms with van der Waals surface area (Å²) in [5, 5.41) is 0. The van der Waals surface area contributed by atoms with Crippen LogP contribution in [-0.2, 0) is 18.3 Å². The van der Waals surface area contributed by atoms with Crippen molar-refractivity contribution < 1.29 is 4.79 Å². The molecule has 1 atom stereocenters. The third-order valence-electron chi connectivity index (χ3n) is 2.15. The van der Waals surface area contributed by atoms with Crippen LogP contribution in [0.4, 0.5) is 0 Å². The first kappa shape index (κ1) is 10.9. The fourth-order valence-electron chi connectivity index (χ4n) is 1.22. The molecule has 0 bridgehead atoms. The van der Waals surface area contributed by atoms with E-state index in [-0.39, 0.29) is 11.8 Å². The molecular formula is C10H17N3O. The number of rotatable bonds is 5. The number of imidazole rings is 1. The van der Waals surface area contributed by atoms with Crippen molar-refractivity contribution in [2.24, 2.45) is 12.8 Å². The number of carbonyl (C=O) groups excluding carboxylic acids is 1. The summed E-state index contributed by atoms with van der Waals surface area (Å²) in [5.74, 6) is 1.02. The van der Waals surface area contributed by atoms with Crippen molar-refractivity contribution in [2.75, 3.05) is 0 Å². The highest BCUT2D eigenvalue weighted by Crippen LogP contribution is 2.01. The van der Waals surface area contributed by atoms with Crippen LogP contribution >= 0.6 is 0 Å². The second-order valence-electron chi connectivity index (χ2n) is 3.69. The van der Waals surface area contributed by atoms with E-state index in [1.165, 1.54) is 0 Å². The maximum Gasteiger partial charge on any atom is 0.140 e. The molecule has 1 aromatic heterocycles. The van der Waals surface area contributed by atoms with E-state index in [0.29, 0.717) is 12.8 Å². The Balaban J connectivity index is 2.38. The average molecular weight is 195 g/mol. The Kier molecular flexibility index (Phi) is 3.83. The van der Waals surface area contributed by atoms with E-state index >= 15 is 0 Å². The van der Waals surface area contributed by atoms with Crippen molar-refractivity contribution in [3.8, 4) is 0 Å². The number of Topliss-reactive ketones (excluding diaryl/α,β-unsaturated/α-hetero) is 1. The minimum absolute atomic E-state index is 0.0975. The lowest BCUT2D eigenvalue weighted by Crippen LogP contribution is -2.17. The fourth-order valence-corrected chi connectivity index (χ4v) is 1.22. The third kappa shape index (κ3) is 3.30. The Morgan fingerprint density at radius 2 is 2.43 bits per heavy atom. The lowest BCUT2D eigenvalue weighted by atomic mass is 10.1. The second kappa shape index (κ2) is 4.91. The number of nitrogens with two attached hydrogens (primary N) is 1. The Hall–Kier alpha value is -1.16. The summed E-state index contributed by atoms with van der Waals surface area (Å²) in [6, 6.07) is 0.0975. The van der Waals surface area contributed by atoms with Crippen LogP contribution in [0, 0.1) is 0 Å². The van der Waals surface area contributed by atoms with Gasteiger partial charge >= 0.3 is 0 Å². The van der Waals surface area contributed by atoms with Crippen LogP contribution in [-0.4, -0.2) is 21.4 Å². The quantitative estimate of drug-likeness (QED) is 0.750. The van der Waals surface area contributed by atoms with Crippen molar-refractivity contribution in [3.63, 3.8) is 0 Å². The smallest absolute Gasteiger partial charge is 0.140 e. The van der Waals surface area contributed by atoms with E-state index in [4.69, 9.17) is 5.73 Å². The van der Waals surface area contributed by atoms with Crippen LogP contribution in [0.1, 0.15) is 25.6 Å². The lowest BCUT2D eigenvalue weighted by Gasteiger charge is -2.04. The van der Waals surface area contributed by atoms with Crippen molar-refractivity contribution in [1.29, 1.82) is 0 Å². The zero-order valence-corrected chi connectivity index (χ0v) is 8.73. The topological polar surface area (TPSA) is 60.9 Å². The van der Waals surface area contributed by atoms with Crippen LogP contribution in [0.2, 0.25) is 0 Å². The monoisotopic (exact) mass is 195 g/mol. The zero-order valence-electron chi connectivity index (χ0n) is 8.73. The molecule has 1 rings (SSSR count). The molecular weight excluding hydrogens is 178 g/mol. The maximum absolute atomic E-state index is 11.5. The fraction of sp³-hybridized carbons (Fsp3) is 0.600. The summed E-state index contributed by atoms with van der Waals surface area (Å²) >= 11 is 0. The number of carbonyl (C=O) groups is 1. The van der Waals surface area contributed by atoms with E-state index in [1.807, 2.05) is 24.7 Å². The van der Waals surface area contributed by atoms with E-state index in [1.54, 1.807) is 6.20 Å². The molecule has 1 heterocycles. The predicted octanol–water partition coefficient (Wildman–Crippen LogP) is 0.659. The molecule has 14 heavy (non-hydrogen) atoms. The molecule has 0 amide bonds. The standard InChI is InChI=1S/C10H17N3O/c1-8(11)3-4-9(14)7-10-12-5-6-13(10)2/h5-6,8H,3-4,7,11H2,1-2H3. The van der Waals surface area contributed by atoms with Crippen LogP contribution in [0.5, 0.6) is 0 Å². The molecule has 4 nitrogen and oxygen atoms in total. The summed E-state index contributed by atoms with van der Waals surface area (Å²) in [6.07, 6.45) is 5.26. The SMILES string of the molecule is CC(N)CCC(=O)Cc1nccn1C. The highest BCUT2D eigenvalue weighted by Gasteiger charge is 2.08. The molecule has 1 unspecified atom stereocenters. The van der Waals surface area contributed by atoms with E-state index in [2.05, 4.69) is 4.98 Å². The maximum atomic E-state index is 11.5. The van der Waals surface area contributed by atoms with E-state index in [9.17, 15) is 4.79 Å². The lowest BCUT2D eigenvalue weighted by molar-refractivity contribution is -0.118. The van der Waals surface area contributed by atoms with Gasteiger partial charge in [-0.3, -0.25) is 4.79 Å². The number of hydrogen-bond donors (Lipinski definition) is 1. The minimum Gasteiger partial charge on any atom is -0.338 e. The molecule has 0 radical (unpaired) electrons. The molecule has 0 aliphatic heterocycles. The Morgan fingerprint density at radius 3 is 2.93 bits per heavy atom. The van der Waals surface area contributed by atoms with Gasteiger partial charge in [-0.15, -0.1) is 0 Å². The van der Waals surface area contributed by atoms with Crippen molar-refractivity contribution >= 4 is 5.78 Å². The predicted molar refractivity (Wildman–Crippen MR) is 54.8 cm³/mol. The van der Waals surface area contributed by atoms with Crippen molar-refractivity contribution in [1.82, 2.24) is 9.55 Å². The van der Waals surface area contributed by atoms with Gasteiger partial charge in [0.15, 0.2) is 0 Å². The van der Waals surface area contributed by atoms with Gasteiger partial charge in [0.2, 0.25) is 0 Å². The van der Waals surface area contributed by atoms with E-state index < -0.39 is 0 Å². The second-order valence-corrected chi connectivity index (χ2v) is 3.69. The van der Waals surface area contributed by atoms with E-state index in [0.717, 1.165) is 12.2 Å². The van der Waals surface area contributed by atoms with Crippen molar-refractivity contribution in [2.45, 2.75) is 32.2 Å². The molecule has 0 aliphatic carbocycles. The number of aromatic nitrogens is 2. The van der Waals surface area contributed by atoms with Gasteiger partial charge in [-0.05, 0) is 13.3 Å². The number of aryl methyl sites for hydroxylation is 1. The highest BCUT2D eigenvalue weighted by molar-refractivity contribution is 5.80. The molecule has 1 aromatic rings. The van der Waals surface area contributed by atoms with Crippen LogP contribution < -0.4 is 5.73 Å². The number of nitrogens with zero attached hydrogens (tertiary/aromatic N) is 2. The van der Waals surface area contributed by atoms with Crippen molar-refractivity contribution in [3.05, 3.63) is 18.2 Å². The van der Waals surface area contributed by atoms with Gasteiger partial charge in [0.05, 0.1) is 6.42 Å². The molecule has 78 valence electrons. The Morgan fingerprint density at radius 1 is 1.71 bits per heavy atom. The first-order valence-corrected chi connectivity index (χ1v) is 4.83. The van der Waals surface area contributed by atoms with Gasteiger partial charge in [0.25, 0.3) is 0 Å². The van der Waals surface area contributed by atoms with Gasteiger partial charge in [-0.2, -0.15) is 0 Å². The molecule has 0 spiro atoms. The van der Waals surface area contributed by atoms with Gasteiger partial charge in [0, 0.05) is 31.9 Å². The summed E-state index contributed by atoms with van der Waals surface area (Å²) < 4.78 is 1.86. The largest absolute Gasteiger partial charge is 0.338 e. The highest BCUT2D eigenvalue weighted by atomic mass is 16.1. The first-order valence-electron chi connectivity index (χ1n) is 4.83. The minimum atomic E-state index is 0.0975. The normalized spacial score (nSPS) is 12.8. The molecule has 2 N–H and O–H groups in total. The Bertz CT molecular complexity index is 304. The summed E-state index contributed by atoms with van der Waals surface area (Å²) in [7, 11) is 1.89.